The van der Waals surface area contributed by atoms with Crippen LogP contribution in [0.15, 0.2) is 0 Å². The zero-order chi connectivity index (χ0) is 6.41. The van der Waals surface area contributed by atoms with E-state index in [-0.39, 0.29) is 13.2 Å². The van der Waals surface area contributed by atoms with E-state index in [1.54, 1.807) is 0 Å². The van der Waals surface area contributed by atoms with Gasteiger partial charge in [-0.3, -0.25) is 0 Å². The van der Waals surface area contributed by atoms with Gasteiger partial charge in [0, 0.05) is 0 Å². The van der Waals surface area contributed by atoms with Crippen LogP contribution in [0.25, 0.3) is 0 Å². The summed E-state index contributed by atoms with van der Waals surface area (Å²) in [5, 5.41) is 8.09. The Kier molecular flexibility index (Phi) is 4.28. The number of ether oxygens (including phenoxy) is 1. The van der Waals surface area contributed by atoms with Gasteiger partial charge < -0.3 is 14.3 Å². The van der Waals surface area contributed by atoms with Crippen LogP contribution in [0, 0.1) is 0 Å². The van der Waals surface area contributed by atoms with Gasteiger partial charge in [0.15, 0.2) is 0 Å². The second-order valence-corrected chi connectivity index (χ2v) is 1.43. The molecule has 1 N–H and O–H groups in total. The summed E-state index contributed by atoms with van der Waals surface area (Å²) >= 11 is 0. The second-order valence-electron chi connectivity index (χ2n) is 1.03. The molecule has 0 rings (SSSR count). The lowest BCUT2D eigenvalue weighted by atomic mass is 10.8. The second kappa shape index (κ2) is 4.60. The van der Waals surface area contributed by atoms with Gasteiger partial charge in [0.2, 0.25) is 10.5 Å². The molecule has 0 saturated heterocycles. The van der Waals surface area contributed by atoms with Crippen molar-refractivity contribution in [2.45, 2.75) is 0 Å². The number of hydrogen-bond donors (Lipinski definition) is 1. The summed E-state index contributed by atoms with van der Waals surface area (Å²) in [6, 6.07) is 0. The summed E-state index contributed by atoms with van der Waals surface area (Å²) in [6.45, 7) is -0.141. The minimum Gasteiger partial charge on any atom is -0.499 e. The van der Waals surface area contributed by atoms with Crippen LogP contribution in [0.1, 0.15) is 0 Å². The van der Waals surface area contributed by atoms with Crippen LogP contribution >= 0.6 is 0 Å². The Hall–Kier alpha value is -0.553. The Morgan fingerprint density at radius 2 is 2.38 bits per heavy atom. The highest BCUT2D eigenvalue weighted by atomic mass is 28.2. The summed E-state index contributed by atoms with van der Waals surface area (Å²) in [7, 11) is 0.333. The van der Waals surface area contributed by atoms with E-state index in [2.05, 4.69) is 9.16 Å². The first-order valence-electron chi connectivity index (χ1n) is 2.13. The summed E-state index contributed by atoms with van der Waals surface area (Å²) in [4.78, 5) is 10.0. The van der Waals surface area contributed by atoms with Crippen LogP contribution in [0.4, 0.5) is 4.79 Å². The van der Waals surface area contributed by atoms with Crippen molar-refractivity contribution >= 4 is 16.6 Å². The Morgan fingerprint density at radius 1 is 1.75 bits per heavy atom. The Balaban J connectivity index is 2.99. The van der Waals surface area contributed by atoms with Gasteiger partial charge in [0.05, 0.1) is 6.61 Å². The van der Waals surface area contributed by atoms with Crippen molar-refractivity contribution < 1.29 is 19.1 Å². The van der Waals surface area contributed by atoms with E-state index >= 15 is 0 Å². The molecule has 0 aliphatic rings. The fourth-order valence-corrected chi connectivity index (χ4v) is 0.306. The van der Waals surface area contributed by atoms with E-state index in [1.807, 2.05) is 0 Å². The number of rotatable bonds is 2. The van der Waals surface area contributed by atoms with Crippen LogP contribution in [0.2, 0.25) is 0 Å². The van der Waals surface area contributed by atoms with Crippen molar-refractivity contribution in [1.29, 1.82) is 0 Å². The van der Waals surface area contributed by atoms with Crippen molar-refractivity contribution in [2.75, 3.05) is 13.2 Å². The third kappa shape index (κ3) is 3.63. The average Bonchev–Trinajstić information content (AvgIpc) is 1.83. The largest absolute Gasteiger partial charge is 0.499 e. The maximum Gasteiger partial charge on any atom is 0.493 e. The van der Waals surface area contributed by atoms with Gasteiger partial charge in [-0.2, -0.15) is 0 Å². The van der Waals surface area contributed by atoms with Crippen molar-refractivity contribution in [2.24, 2.45) is 0 Å². The molecule has 0 fully saturated rings. The Bertz CT molecular complexity index is 73.7. The standard InChI is InChI=1S/C3H8O4Si/c4-1-2-6-3(5)7-8/h4H,1-2H2,8H3. The molecule has 8 heavy (non-hydrogen) atoms. The van der Waals surface area contributed by atoms with Gasteiger partial charge in [-0.25, -0.2) is 4.79 Å². The number of aliphatic hydroxyl groups excluding tert-OH is 1. The maximum atomic E-state index is 10.0. The number of hydrogen-bond acceptors (Lipinski definition) is 4. The molecule has 0 unspecified atom stereocenters. The van der Waals surface area contributed by atoms with Gasteiger partial charge in [0.1, 0.15) is 6.61 Å². The normalized spacial score (nSPS) is 8.62. The van der Waals surface area contributed by atoms with Crippen molar-refractivity contribution in [1.82, 2.24) is 0 Å². The number of carbonyl (C=O) groups is 1. The minimum absolute atomic E-state index is 0.0150. The Labute approximate surface area is 49.9 Å². The molecular weight excluding hydrogens is 128 g/mol. The van der Waals surface area contributed by atoms with E-state index in [1.165, 1.54) is 0 Å². The van der Waals surface area contributed by atoms with Gasteiger partial charge in [-0.15, -0.1) is 0 Å². The van der Waals surface area contributed by atoms with Crippen molar-refractivity contribution in [3.05, 3.63) is 0 Å². The average molecular weight is 136 g/mol. The predicted octanol–water partition coefficient (Wildman–Crippen LogP) is -1.59. The summed E-state index contributed by atoms with van der Waals surface area (Å²) in [5.41, 5.74) is 0. The molecule has 4 nitrogen and oxygen atoms in total. The van der Waals surface area contributed by atoms with E-state index in [4.69, 9.17) is 5.11 Å². The van der Waals surface area contributed by atoms with Gasteiger partial charge >= 0.3 is 6.16 Å². The van der Waals surface area contributed by atoms with E-state index in [0.717, 1.165) is 0 Å². The van der Waals surface area contributed by atoms with Crippen LogP contribution in [-0.4, -0.2) is 35.0 Å². The molecule has 0 aliphatic heterocycles. The summed E-state index contributed by atoms with van der Waals surface area (Å²) in [6.07, 6.45) is -0.703. The highest BCUT2D eigenvalue weighted by Crippen LogP contribution is 1.77. The van der Waals surface area contributed by atoms with Crippen LogP contribution in [0.5, 0.6) is 0 Å². The third-order valence-electron chi connectivity index (χ3n) is 0.478. The fourth-order valence-electron chi connectivity index (χ4n) is 0.188. The van der Waals surface area contributed by atoms with Crippen molar-refractivity contribution in [3.8, 4) is 0 Å². The van der Waals surface area contributed by atoms with E-state index < -0.39 is 6.16 Å². The topological polar surface area (TPSA) is 55.8 Å². The molecule has 0 amide bonds. The molecule has 0 aromatic heterocycles. The maximum absolute atomic E-state index is 10.0. The molecule has 0 saturated carbocycles. The lowest BCUT2D eigenvalue weighted by Gasteiger charge is -1.98. The quantitative estimate of drug-likeness (QED) is 0.367. The molecule has 0 aromatic rings. The zero-order valence-corrected chi connectivity index (χ0v) is 6.59. The third-order valence-corrected chi connectivity index (χ3v) is 0.811. The highest BCUT2D eigenvalue weighted by molar-refractivity contribution is 6.04. The smallest absolute Gasteiger partial charge is 0.493 e. The van der Waals surface area contributed by atoms with E-state index in [0.29, 0.717) is 10.5 Å². The molecule has 0 radical (unpaired) electrons. The lowest BCUT2D eigenvalue weighted by Crippen LogP contribution is -2.08. The first kappa shape index (κ1) is 7.45. The first-order chi connectivity index (χ1) is 3.81. The number of carbonyl (C=O) groups excluding carboxylic acids is 1. The molecule has 5 heteroatoms. The molecule has 0 bridgehead atoms. The number of aliphatic hydroxyl groups is 1. The molecule has 0 aromatic carbocycles. The molecule has 0 atom stereocenters. The van der Waals surface area contributed by atoms with Gasteiger partial charge in [-0.05, 0) is 0 Å². The van der Waals surface area contributed by atoms with Gasteiger partial charge in [0.25, 0.3) is 0 Å². The van der Waals surface area contributed by atoms with Crippen LogP contribution in [-0.2, 0) is 9.16 Å². The molecular formula is C3H8O4Si. The first-order valence-corrected chi connectivity index (χ1v) is 2.94. The van der Waals surface area contributed by atoms with Crippen LogP contribution < -0.4 is 0 Å². The zero-order valence-electron chi connectivity index (χ0n) is 4.59. The monoisotopic (exact) mass is 136 g/mol. The Morgan fingerprint density at radius 3 is 2.75 bits per heavy atom. The molecule has 0 spiro atoms. The predicted molar refractivity (Wildman–Crippen MR) is 29.5 cm³/mol. The van der Waals surface area contributed by atoms with Crippen LogP contribution in [0.3, 0.4) is 0 Å². The van der Waals surface area contributed by atoms with Gasteiger partial charge in [-0.1, -0.05) is 0 Å². The SMILES string of the molecule is O=C(O[SiH3])OCCO. The van der Waals surface area contributed by atoms with Crippen molar-refractivity contribution in [3.63, 3.8) is 0 Å². The minimum atomic E-state index is -0.703. The van der Waals surface area contributed by atoms with E-state index in [9.17, 15) is 4.79 Å². The lowest BCUT2D eigenvalue weighted by molar-refractivity contribution is 0.0834. The highest BCUT2D eigenvalue weighted by Gasteiger charge is 1.94. The summed E-state index contributed by atoms with van der Waals surface area (Å²) in [5.74, 6) is 0. The molecule has 48 valence electrons. The summed E-state index contributed by atoms with van der Waals surface area (Å²) < 4.78 is 8.48. The molecule has 0 aliphatic carbocycles. The molecule has 0 heterocycles. The fraction of sp³-hybridized carbons (Fsp3) is 0.667.